The fourth-order valence-corrected chi connectivity index (χ4v) is 3.00. The van der Waals surface area contributed by atoms with Crippen LogP contribution in [0.4, 0.5) is 4.79 Å². The van der Waals surface area contributed by atoms with E-state index in [0.29, 0.717) is 12.1 Å². The predicted octanol–water partition coefficient (Wildman–Crippen LogP) is -1.55. The zero-order valence-corrected chi connectivity index (χ0v) is 15.7. The summed E-state index contributed by atoms with van der Waals surface area (Å²) < 4.78 is 0. The summed E-state index contributed by atoms with van der Waals surface area (Å²) in [5, 5.41) is 16.9. The minimum absolute atomic E-state index is 0.000799. The van der Waals surface area contributed by atoms with E-state index in [9.17, 15) is 29.1 Å². The Balaban J connectivity index is 1.77. The van der Waals surface area contributed by atoms with Crippen LogP contribution >= 0.6 is 0 Å². The van der Waals surface area contributed by atoms with Crippen molar-refractivity contribution in [2.24, 2.45) is 0 Å². The van der Waals surface area contributed by atoms with Crippen molar-refractivity contribution in [3.8, 4) is 5.75 Å². The molecule has 2 aliphatic rings. The summed E-state index contributed by atoms with van der Waals surface area (Å²) in [7, 11) is 0. The number of β-lactam (4-membered cyclic amide) rings is 1. The fraction of sp³-hybridized carbons (Fsp3) is 0.389. The van der Waals surface area contributed by atoms with Gasteiger partial charge in [0.05, 0.1) is 0 Å². The summed E-state index contributed by atoms with van der Waals surface area (Å²) in [5.41, 5.74) is 0.333. The zero-order chi connectivity index (χ0) is 21.1. The van der Waals surface area contributed by atoms with Gasteiger partial charge in [-0.3, -0.25) is 24.1 Å². The van der Waals surface area contributed by atoms with Crippen molar-refractivity contribution >= 4 is 29.7 Å². The number of hydrogen-bond acceptors (Lipinski definition) is 6. The van der Waals surface area contributed by atoms with Crippen LogP contribution in [0.2, 0.25) is 0 Å². The number of benzene rings is 1. The molecule has 1 aromatic carbocycles. The summed E-state index contributed by atoms with van der Waals surface area (Å²) in [6.07, 6.45) is 0. The third-order valence-corrected chi connectivity index (χ3v) is 4.81. The minimum Gasteiger partial charge on any atom is -0.508 e. The van der Waals surface area contributed by atoms with Gasteiger partial charge in [0.1, 0.15) is 17.8 Å². The molecule has 6 amide bonds. The molecule has 0 bridgehead atoms. The Labute approximate surface area is 166 Å². The molecule has 3 rings (SSSR count). The van der Waals surface area contributed by atoms with Crippen LogP contribution < -0.4 is 16.0 Å². The van der Waals surface area contributed by atoms with Crippen LogP contribution in [-0.2, 0) is 19.2 Å². The Hall–Kier alpha value is -3.63. The molecule has 11 heteroatoms. The predicted molar refractivity (Wildman–Crippen MR) is 98.3 cm³/mol. The van der Waals surface area contributed by atoms with Crippen LogP contribution in [0, 0.1) is 0 Å². The summed E-state index contributed by atoms with van der Waals surface area (Å²) >= 11 is 0. The van der Waals surface area contributed by atoms with Gasteiger partial charge in [-0.2, -0.15) is 0 Å². The maximum Gasteiger partial charge on any atom is 0.325 e. The first kappa shape index (κ1) is 20.1. The number of carbonyl (C=O) groups is 5. The van der Waals surface area contributed by atoms with Crippen molar-refractivity contribution in [1.29, 1.82) is 0 Å². The topological polar surface area (TPSA) is 148 Å². The Morgan fingerprint density at radius 1 is 1.17 bits per heavy atom. The number of phenolic OH excluding ortho intramolecular Hbond substituents is 1. The van der Waals surface area contributed by atoms with Crippen LogP contribution in [0.1, 0.15) is 18.5 Å². The summed E-state index contributed by atoms with van der Waals surface area (Å²) in [6, 6.07) is 2.70. The van der Waals surface area contributed by atoms with Gasteiger partial charge in [-0.25, -0.2) is 4.79 Å². The van der Waals surface area contributed by atoms with E-state index in [1.54, 1.807) is 6.92 Å². The van der Waals surface area contributed by atoms with Gasteiger partial charge in [-0.05, 0) is 24.6 Å². The molecule has 1 aromatic rings. The van der Waals surface area contributed by atoms with Crippen molar-refractivity contribution in [1.82, 2.24) is 25.8 Å². The molecule has 2 saturated heterocycles. The molecule has 29 heavy (non-hydrogen) atoms. The highest BCUT2D eigenvalue weighted by atomic mass is 16.3. The van der Waals surface area contributed by atoms with Crippen molar-refractivity contribution in [2.45, 2.75) is 19.0 Å². The molecule has 0 aliphatic carbocycles. The highest BCUT2D eigenvalue weighted by Crippen LogP contribution is 2.19. The number of nitrogens with one attached hydrogen (secondary N) is 3. The maximum atomic E-state index is 12.7. The number of urea groups is 1. The van der Waals surface area contributed by atoms with Gasteiger partial charge in [0.2, 0.25) is 11.8 Å². The number of rotatable bonds is 5. The van der Waals surface area contributed by atoms with E-state index in [0.717, 1.165) is 4.90 Å². The number of carbonyl (C=O) groups excluding carboxylic acids is 5. The first-order valence-electron chi connectivity index (χ1n) is 9.10. The number of likely N-dealkylation sites (N-methyl/N-ethyl adjacent to an activating group) is 1. The zero-order valence-electron chi connectivity index (χ0n) is 15.7. The van der Waals surface area contributed by atoms with E-state index in [1.807, 2.05) is 0 Å². The van der Waals surface area contributed by atoms with Crippen LogP contribution in [0.3, 0.4) is 0 Å². The quantitative estimate of drug-likeness (QED) is 0.346. The second kappa shape index (κ2) is 8.17. The summed E-state index contributed by atoms with van der Waals surface area (Å²) in [6.45, 7) is 2.55. The Morgan fingerprint density at radius 3 is 2.41 bits per heavy atom. The van der Waals surface area contributed by atoms with Crippen molar-refractivity contribution in [2.75, 3.05) is 26.2 Å². The van der Waals surface area contributed by atoms with Crippen LogP contribution in [0.5, 0.6) is 5.75 Å². The Kier molecular flexibility index (Phi) is 5.66. The molecular weight excluding hydrogens is 382 g/mol. The number of imide groups is 1. The number of amides is 6. The smallest absolute Gasteiger partial charge is 0.325 e. The maximum absolute atomic E-state index is 12.7. The van der Waals surface area contributed by atoms with Gasteiger partial charge < -0.3 is 26.0 Å². The average molecular weight is 403 g/mol. The molecule has 4 N–H and O–H groups in total. The minimum atomic E-state index is -1.23. The average Bonchev–Trinajstić information content (AvgIpc) is 2.71. The molecular formula is C18H21N5O6. The molecule has 0 radical (unpaired) electrons. The molecule has 11 nitrogen and oxygen atoms in total. The number of piperazine rings is 1. The van der Waals surface area contributed by atoms with Gasteiger partial charge in [-0.1, -0.05) is 12.1 Å². The molecule has 0 aromatic heterocycles. The summed E-state index contributed by atoms with van der Waals surface area (Å²) in [5.74, 6) is -2.79. The number of hydrogen-bond donors (Lipinski definition) is 4. The molecule has 2 fully saturated rings. The van der Waals surface area contributed by atoms with Gasteiger partial charge in [0.25, 0.3) is 0 Å². The van der Waals surface area contributed by atoms with Crippen molar-refractivity contribution in [3.05, 3.63) is 29.8 Å². The lowest BCUT2D eigenvalue weighted by Gasteiger charge is -2.33. The van der Waals surface area contributed by atoms with E-state index in [4.69, 9.17) is 0 Å². The lowest BCUT2D eigenvalue weighted by Crippen LogP contribution is -2.63. The van der Waals surface area contributed by atoms with E-state index in [1.165, 1.54) is 29.2 Å². The number of phenols is 1. The summed E-state index contributed by atoms with van der Waals surface area (Å²) in [4.78, 5) is 63.1. The van der Waals surface area contributed by atoms with E-state index in [2.05, 4.69) is 16.0 Å². The van der Waals surface area contributed by atoms with E-state index < -0.39 is 35.8 Å². The van der Waals surface area contributed by atoms with Crippen LogP contribution in [0.25, 0.3) is 0 Å². The highest BCUT2D eigenvalue weighted by molar-refractivity contribution is 6.38. The molecule has 154 valence electrons. The first-order chi connectivity index (χ1) is 13.8. The molecule has 0 spiro atoms. The third-order valence-electron chi connectivity index (χ3n) is 4.81. The lowest BCUT2D eigenvalue weighted by atomic mass is 10.0. The lowest BCUT2D eigenvalue weighted by molar-refractivity contribution is -0.153. The van der Waals surface area contributed by atoms with Crippen LogP contribution in [0.15, 0.2) is 24.3 Å². The first-order valence-corrected chi connectivity index (χ1v) is 9.10. The normalized spacial score (nSPS) is 19.9. The highest BCUT2D eigenvalue weighted by Gasteiger charge is 2.38. The standard InChI is InChI=1S/C18H21N5O6/c1-2-22-7-8-23(17(28)16(22)27)18(29)21-13(10-3-5-11(24)6-4-10)15(26)20-12-9-19-14(12)25/h3-6,12-13,24H,2,7-9H2,1H3,(H,19,25)(H,20,26)(H,21,29). The van der Waals surface area contributed by atoms with Gasteiger partial charge in [-0.15, -0.1) is 0 Å². The molecule has 2 aliphatic heterocycles. The van der Waals surface area contributed by atoms with Crippen LogP contribution in [-0.4, -0.2) is 76.8 Å². The molecule has 2 heterocycles. The Morgan fingerprint density at radius 2 is 1.86 bits per heavy atom. The van der Waals surface area contributed by atoms with Crippen molar-refractivity contribution < 1.29 is 29.1 Å². The fourth-order valence-electron chi connectivity index (χ4n) is 3.00. The van der Waals surface area contributed by atoms with E-state index in [-0.39, 0.29) is 31.3 Å². The molecule has 0 saturated carbocycles. The van der Waals surface area contributed by atoms with E-state index >= 15 is 0 Å². The van der Waals surface area contributed by atoms with Gasteiger partial charge in [0, 0.05) is 26.2 Å². The SMILES string of the molecule is CCN1CCN(C(=O)NC(C(=O)NC2CNC2=O)c2ccc(O)cc2)C(=O)C1=O. The largest absolute Gasteiger partial charge is 0.508 e. The molecule has 2 unspecified atom stereocenters. The molecule has 2 atom stereocenters. The monoisotopic (exact) mass is 403 g/mol. The second-order valence-electron chi connectivity index (χ2n) is 6.62. The van der Waals surface area contributed by atoms with Gasteiger partial charge in [0.15, 0.2) is 0 Å². The van der Waals surface area contributed by atoms with Crippen molar-refractivity contribution in [3.63, 3.8) is 0 Å². The second-order valence-corrected chi connectivity index (χ2v) is 6.62. The third kappa shape index (κ3) is 4.13. The number of aromatic hydroxyl groups is 1. The van der Waals surface area contributed by atoms with Gasteiger partial charge >= 0.3 is 17.8 Å². The number of nitrogens with zero attached hydrogens (tertiary/aromatic N) is 2. The Bertz CT molecular complexity index is 855.